The molecule has 104 valence electrons. The fraction of sp³-hybridized carbons (Fsp3) is 0.500. The number of hydrogen-bond acceptors (Lipinski definition) is 3. The van der Waals surface area contributed by atoms with Crippen LogP contribution in [-0.2, 0) is 4.79 Å². The summed E-state index contributed by atoms with van der Waals surface area (Å²) < 4.78 is 13.5. The van der Waals surface area contributed by atoms with Crippen LogP contribution in [0, 0.1) is 5.82 Å². The third-order valence-electron chi connectivity index (χ3n) is 3.28. The molecule has 1 saturated carbocycles. The van der Waals surface area contributed by atoms with E-state index in [2.05, 4.69) is 5.32 Å². The Morgan fingerprint density at radius 1 is 1.37 bits per heavy atom. The summed E-state index contributed by atoms with van der Waals surface area (Å²) >= 11 is 1.21. The fourth-order valence-electron chi connectivity index (χ4n) is 2.29. The first-order valence-electron chi connectivity index (χ1n) is 6.62. The maximum Gasteiger partial charge on any atom is 0.230 e. The molecule has 3 nitrogen and oxygen atoms in total. The lowest BCUT2D eigenvalue weighted by molar-refractivity contribution is -0.119. The molecule has 2 rings (SSSR count). The maximum atomic E-state index is 13.5. The van der Waals surface area contributed by atoms with Crippen molar-refractivity contribution in [2.75, 3.05) is 11.5 Å². The van der Waals surface area contributed by atoms with E-state index in [4.69, 9.17) is 5.73 Å². The highest BCUT2D eigenvalue weighted by Crippen LogP contribution is 2.23. The van der Waals surface area contributed by atoms with E-state index in [1.807, 2.05) is 0 Å². The van der Waals surface area contributed by atoms with Crippen molar-refractivity contribution in [1.82, 2.24) is 5.32 Å². The Labute approximate surface area is 117 Å². The Morgan fingerprint density at radius 2 is 2.11 bits per heavy atom. The number of amides is 1. The van der Waals surface area contributed by atoms with Gasteiger partial charge in [0, 0.05) is 16.6 Å². The first-order valence-corrected chi connectivity index (χ1v) is 7.61. The molecule has 0 heterocycles. The molecule has 1 amide bonds. The molecule has 1 aromatic carbocycles. The van der Waals surface area contributed by atoms with Gasteiger partial charge in [0.05, 0.1) is 5.75 Å². The van der Waals surface area contributed by atoms with E-state index in [1.165, 1.54) is 37.1 Å². The second-order valence-corrected chi connectivity index (χ2v) is 5.90. The summed E-state index contributed by atoms with van der Waals surface area (Å²) in [5, 5.41) is 3.01. The van der Waals surface area contributed by atoms with Crippen LogP contribution >= 0.6 is 11.8 Å². The molecule has 1 fully saturated rings. The molecule has 1 aromatic rings. The van der Waals surface area contributed by atoms with Gasteiger partial charge in [-0.2, -0.15) is 0 Å². The molecule has 0 bridgehead atoms. The largest absolute Gasteiger partial charge is 0.399 e. The lowest BCUT2D eigenvalue weighted by Crippen LogP contribution is -2.37. The molecule has 0 aromatic heterocycles. The monoisotopic (exact) mass is 282 g/mol. The quantitative estimate of drug-likeness (QED) is 0.659. The van der Waals surface area contributed by atoms with Crippen LogP contribution in [-0.4, -0.2) is 17.7 Å². The van der Waals surface area contributed by atoms with E-state index in [0.29, 0.717) is 16.6 Å². The standard InChI is InChI=1S/C14H19FN2OS/c15-12-8-10(16)6-7-13(12)19-9-14(18)17-11-4-2-1-3-5-11/h6-8,11H,1-5,9,16H2,(H,17,18). The topological polar surface area (TPSA) is 55.1 Å². The van der Waals surface area contributed by atoms with Crippen molar-refractivity contribution in [3.8, 4) is 0 Å². The van der Waals surface area contributed by atoms with E-state index in [0.717, 1.165) is 12.8 Å². The van der Waals surface area contributed by atoms with Crippen molar-refractivity contribution < 1.29 is 9.18 Å². The Bertz CT molecular complexity index is 447. The second kappa shape index (κ2) is 6.80. The van der Waals surface area contributed by atoms with Gasteiger partial charge in [0.25, 0.3) is 0 Å². The number of anilines is 1. The third kappa shape index (κ3) is 4.42. The molecule has 0 unspecified atom stereocenters. The summed E-state index contributed by atoms with van der Waals surface area (Å²) in [5.41, 5.74) is 5.88. The summed E-state index contributed by atoms with van der Waals surface area (Å²) in [7, 11) is 0. The lowest BCUT2D eigenvalue weighted by Gasteiger charge is -2.22. The van der Waals surface area contributed by atoms with Crippen LogP contribution in [0.15, 0.2) is 23.1 Å². The highest BCUT2D eigenvalue weighted by atomic mass is 32.2. The Morgan fingerprint density at radius 3 is 2.79 bits per heavy atom. The average Bonchev–Trinajstić information content (AvgIpc) is 2.39. The predicted octanol–water partition coefficient (Wildman–Crippen LogP) is 2.95. The summed E-state index contributed by atoms with van der Waals surface area (Å²) in [4.78, 5) is 12.2. The predicted molar refractivity (Wildman–Crippen MR) is 76.6 cm³/mol. The molecular formula is C14H19FN2OS. The van der Waals surface area contributed by atoms with Crippen LogP contribution in [0.2, 0.25) is 0 Å². The molecule has 5 heteroatoms. The second-order valence-electron chi connectivity index (χ2n) is 4.88. The third-order valence-corrected chi connectivity index (χ3v) is 4.33. The molecule has 0 aliphatic heterocycles. The van der Waals surface area contributed by atoms with Gasteiger partial charge in [0.1, 0.15) is 5.82 Å². The van der Waals surface area contributed by atoms with Crippen LogP contribution in [0.1, 0.15) is 32.1 Å². The minimum absolute atomic E-state index is 0.0203. The normalized spacial score (nSPS) is 16.3. The number of carbonyl (C=O) groups excluding carboxylic acids is 1. The van der Waals surface area contributed by atoms with Crippen molar-refractivity contribution >= 4 is 23.4 Å². The minimum atomic E-state index is -0.365. The van der Waals surface area contributed by atoms with Crippen molar-refractivity contribution in [3.05, 3.63) is 24.0 Å². The maximum absolute atomic E-state index is 13.5. The number of hydrogen-bond donors (Lipinski definition) is 2. The Balaban J connectivity index is 1.79. The van der Waals surface area contributed by atoms with Crippen LogP contribution in [0.4, 0.5) is 10.1 Å². The van der Waals surface area contributed by atoms with Crippen LogP contribution < -0.4 is 11.1 Å². The first kappa shape index (κ1) is 14.2. The van der Waals surface area contributed by atoms with Gasteiger partial charge in [-0.1, -0.05) is 19.3 Å². The number of carbonyl (C=O) groups is 1. The van der Waals surface area contributed by atoms with Crippen molar-refractivity contribution in [3.63, 3.8) is 0 Å². The summed E-state index contributed by atoms with van der Waals surface area (Å²) in [6.07, 6.45) is 5.76. The highest BCUT2D eigenvalue weighted by Gasteiger charge is 2.16. The van der Waals surface area contributed by atoms with E-state index in [1.54, 1.807) is 12.1 Å². The van der Waals surface area contributed by atoms with E-state index >= 15 is 0 Å². The van der Waals surface area contributed by atoms with Crippen LogP contribution in [0.25, 0.3) is 0 Å². The molecule has 3 N–H and O–H groups in total. The molecule has 19 heavy (non-hydrogen) atoms. The zero-order chi connectivity index (χ0) is 13.7. The van der Waals surface area contributed by atoms with Gasteiger partial charge in [-0.05, 0) is 31.0 Å². The molecular weight excluding hydrogens is 263 g/mol. The number of rotatable bonds is 4. The zero-order valence-corrected chi connectivity index (χ0v) is 11.6. The summed E-state index contributed by atoms with van der Waals surface area (Å²) in [5.74, 6) is -0.138. The first-order chi connectivity index (χ1) is 9.15. The highest BCUT2D eigenvalue weighted by molar-refractivity contribution is 8.00. The average molecular weight is 282 g/mol. The Hall–Kier alpha value is -1.23. The van der Waals surface area contributed by atoms with Crippen LogP contribution in [0.5, 0.6) is 0 Å². The number of nitrogens with two attached hydrogens (primary N) is 1. The van der Waals surface area contributed by atoms with Crippen LogP contribution in [0.3, 0.4) is 0 Å². The molecule has 0 saturated heterocycles. The van der Waals surface area contributed by atoms with Gasteiger partial charge in [-0.25, -0.2) is 4.39 Å². The van der Waals surface area contributed by atoms with E-state index < -0.39 is 0 Å². The van der Waals surface area contributed by atoms with Gasteiger partial charge in [-0.3, -0.25) is 4.79 Å². The smallest absolute Gasteiger partial charge is 0.230 e. The number of benzene rings is 1. The molecule has 0 spiro atoms. The number of nitrogen functional groups attached to an aromatic ring is 1. The number of nitrogens with one attached hydrogen (secondary N) is 1. The Kier molecular flexibility index (Phi) is 5.07. The van der Waals surface area contributed by atoms with E-state index in [-0.39, 0.29) is 17.5 Å². The van der Waals surface area contributed by atoms with Gasteiger partial charge < -0.3 is 11.1 Å². The van der Waals surface area contributed by atoms with Gasteiger partial charge in [0.15, 0.2) is 0 Å². The number of halogens is 1. The van der Waals surface area contributed by atoms with Gasteiger partial charge in [0.2, 0.25) is 5.91 Å². The lowest BCUT2D eigenvalue weighted by atomic mass is 9.95. The summed E-state index contributed by atoms with van der Waals surface area (Å²) in [6, 6.07) is 4.84. The van der Waals surface area contributed by atoms with Crippen molar-refractivity contribution in [2.24, 2.45) is 0 Å². The molecule has 1 aliphatic rings. The van der Waals surface area contributed by atoms with Gasteiger partial charge >= 0.3 is 0 Å². The summed E-state index contributed by atoms with van der Waals surface area (Å²) in [6.45, 7) is 0. The molecule has 1 aliphatic carbocycles. The number of thioether (sulfide) groups is 1. The molecule has 0 atom stereocenters. The van der Waals surface area contributed by atoms with Crippen molar-refractivity contribution in [2.45, 2.75) is 43.0 Å². The van der Waals surface area contributed by atoms with Gasteiger partial charge in [-0.15, -0.1) is 11.8 Å². The minimum Gasteiger partial charge on any atom is -0.399 e. The van der Waals surface area contributed by atoms with Crippen molar-refractivity contribution in [1.29, 1.82) is 0 Å². The fourth-order valence-corrected chi connectivity index (χ4v) is 3.02. The SMILES string of the molecule is Nc1ccc(SCC(=O)NC2CCCCC2)c(F)c1. The van der Waals surface area contributed by atoms with E-state index in [9.17, 15) is 9.18 Å². The molecule has 0 radical (unpaired) electrons. The zero-order valence-electron chi connectivity index (χ0n) is 10.8.